The van der Waals surface area contributed by atoms with Crippen LogP contribution < -0.4 is 20.7 Å². The van der Waals surface area contributed by atoms with Crippen LogP contribution in [0.15, 0.2) is 54.7 Å². The first kappa shape index (κ1) is 44.4. The first-order chi connectivity index (χ1) is 29.7. The summed E-state index contributed by atoms with van der Waals surface area (Å²) in [7, 11) is -3.50. The SMILES string of the molecule is O=C(CN1CCC(S(=O)(=O)NCCCCc2cnc3c(c2)CCCN3)CC1)OOC(=O)C(Cc1ccccc1)N1CCC(C(=O)NCCCc2ccc3c(n2)NCCC3)CC1. The van der Waals surface area contributed by atoms with Crippen LogP contribution in [-0.4, -0.2) is 116 Å². The van der Waals surface area contributed by atoms with Crippen LogP contribution in [0.1, 0.15) is 85.7 Å². The average molecular weight is 859 g/mol. The van der Waals surface area contributed by atoms with Gasteiger partial charge in [-0.2, -0.15) is 0 Å². The number of hydrogen-bond acceptors (Lipinski definition) is 13. The van der Waals surface area contributed by atoms with Gasteiger partial charge in [0.1, 0.15) is 24.2 Å². The maximum absolute atomic E-state index is 13.5. The molecule has 0 bridgehead atoms. The topological polar surface area (TPSA) is 184 Å². The van der Waals surface area contributed by atoms with Gasteiger partial charge in [0.15, 0.2) is 0 Å². The van der Waals surface area contributed by atoms with E-state index in [4.69, 9.17) is 14.8 Å². The van der Waals surface area contributed by atoms with Crippen molar-refractivity contribution in [3.63, 3.8) is 0 Å². The van der Waals surface area contributed by atoms with Crippen LogP contribution in [0, 0.1) is 5.92 Å². The lowest BCUT2D eigenvalue weighted by atomic mass is 9.93. The molecule has 7 rings (SSSR count). The van der Waals surface area contributed by atoms with Crippen LogP contribution in [0.25, 0.3) is 0 Å². The summed E-state index contributed by atoms with van der Waals surface area (Å²) in [5.41, 5.74) is 5.65. The molecule has 15 nitrogen and oxygen atoms in total. The number of amides is 1. The number of carbonyl (C=O) groups excluding carboxylic acids is 3. The highest BCUT2D eigenvalue weighted by Crippen LogP contribution is 2.24. The molecule has 1 aromatic carbocycles. The van der Waals surface area contributed by atoms with Gasteiger partial charge in [-0.1, -0.05) is 42.5 Å². The Hall–Kier alpha value is -4.64. The summed E-state index contributed by atoms with van der Waals surface area (Å²) in [6, 6.07) is 15.3. The minimum atomic E-state index is -3.50. The minimum Gasteiger partial charge on any atom is -0.370 e. The van der Waals surface area contributed by atoms with Gasteiger partial charge in [0.05, 0.1) is 5.25 Å². The number of pyridine rings is 2. The van der Waals surface area contributed by atoms with Gasteiger partial charge in [-0.05, 0) is 131 Å². The Balaban J connectivity index is 0.794. The summed E-state index contributed by atoms with van der Waals surface area (Å²) in [5.74, 6) is 0.443. The molecule has 2 aromatic heterocycles. The predicted molar refractivity (Wildman–Crippen MR) is 233 cm³/mol. The molecule has 4 aliphatic heterocycles. The summed E-state index contributed by atoms with van der Waals surface area (Å²) < 4.78 is 28.9. The fraction of sp³-hybridized carbons (Fsp3) is 0.578. The second-order valence-electron chi connectivity index (χ2n) is 16.9. The van der Waals surface area contributed by atoms with Gasteiger partial charge >= 0.3 is 11.9 Å². The number of aromatic nitrogens is 2. The Morgan fingerprint density at radius 1 is 0.803 bits per heavy atom. The standard InChI is InChI=1S/C45H62N8O7S/c54-41(32-52-25-19-39(20-26-52)61(57,58)50-24-5-4-11-34-29-37-13-7-21-46-42(37)49-31-34)59-60-45(56)40(30-33-9-2-1-3-10-33)53-27-17-36(18-28-53)44(55)48-23-8-14-38-16-15-35-12-6-22-47-43(35)51-38/h1-3,9-10,15-16,29,31,36,39-40,50H,4-8,11-14,17-28,30,32H2,(H,46,49)(H,47,51)(H,48,55). The fourth-order valence-electron chi connectivity index (χ4n) is 8.85. The third-order valence-corrected chi connectivity index (χ3v) is 14.4. The van der Waals surface area contributed by atoms with Crippen molar-refractivity contribution < 1.29 is 32.6 Å². The van der Waals surface area contributed by atoms with Crippen LogP contribution in [0.5, 0.6) is 0 Å². The first-order valence-electron chi connectivity index (χ1n) is 22.3. The summed E-state index contributed by atoms with van der Waals surface area (Å²) in [6.07, 6.45) is 12.6. The Bertz CT molecular complexity index is 2040. The van der Waals surface area contributed by atoms with Crippen molar-refractivity contribution in [2.45, 2.75) is 101 Å². The Morgan fingerprint density at radius 3 is 2.34 bits per heavy atom. The van der Waals surface area contributed by atoms with Gasteiger partial charge in [0.2, 0.25) is 15.9 Å². The summed E-state index contributed by atoms with van der Waals surface area (Å²) in [6.45, 7) is 4.58. The van der Waals surface area contributed by atoms with Gasteiger partial charge in [-0.15, -0.1) is 0 Å². The van der Waals surface area contributed by atoms with E-state index in [0.29, 0.717) is 71.4 Å². The number of likely N-dealkylation sites (tertiary alicyclic amines) is 2. The Kier molecular flexibility index (Phi) is 16.0. The van der Waals surface area contributed by atoms with E-state index in [1.807, 2.05) is 46.3 Å². The highest BCUT2D eigenvalue weighted by molar-refractivity contribution is 7.90. The van der Waals surface area contributed by atoms with Gasteiger partial charge < -0.3 is 16.0 Å². The highest BCUT2D eigenvalue weighted by Gasteiger charge is 2.35. The third kappa shape index (κ3) is 12.9. The molecule has 4 N–H and O–H groups in total. The average Bonchev–Trinajstić information content (AvgIpc) is 3.29. The van der Waals surface area contributed by atoms with Crippen LogP contribution in [0.3, 0.4) is 0 Å². The molecule has 330 valence electrons. The minimum absolute atomic E-state index is 0.0251. The van der Waals surface area contributed by atoms with Crippen LogP contribution >= 0.6 is 0 Å². The lowest BCUT2D eigenvalue weighted by Crippen LogP contribution is -2.49. The molecule has 0 radical (unpaired) electrons. The molecule has 16 heteroatoms. The number of benzene rings is 1. The van der Waals surface area contributed by atoms with Gasteiger partial charge in [-0.25, -0.2) is 42.5 Å². The predicted octanol–water partition coefficient (Wildman–Crippen LogP) is 3.97. The van der Waals surface area contributed by atoms with Crippen LogP contribution in [0.4, 0.5) is 11.6 Å². The molecule has 2 saturated heterocycles. The van der Waals surface area contributed by atoms with E-state index in [1.54, 1.807) is 0 Å². The van der Waals surface area contributed by atoms with Crippen molar-refractivity contribution >= 4 is 39.5 Å². The number of rotatable bonds is 18. The Labute approximate surface area is 360 Å². The van der Waals surface area contributed by atoms with Crippen LogP contribution in [-0.2, 0) is 66.3 Å². The third-order valence-electron chi connectivity index (χ3n) is 12.4. The number of fused-ring (bicyclic) bond motifs is 2. The molecule has 3 aromatic rings. The Morgan fingerprint density at radius 2 is 1.56 bits per heavy atom. The second-order valence-corrected chi connectivity index (χ2v) is 18.9. The number of unbranched alkanes of at least 4 members (excludes halogenated alkanes) is 1. The normalized spacial score (nSPS) is 18.2. The molecule has 1 atom stereocenters. The van der Waals surface area contributed by atoms with Crippen molar-refractivity contribution in [1.82, 2.24) is 29.8 Å². The van der Waals surface area contributed by atoms with E-state index in [1.165, 1.54) is 16.7 Å². The molecule has 0 aliphatic carbocycles. The molecule has 2 fully saturated rings. The summed E-state index contributed by atoms with van der Waals surface area (Å²) in [4.78, 5) is 62.8. The molecule has 1 unspecified atom stereocenters. The summed E-state index contributed by atoms with van der Waals surface area (Å²) >= 11 is 0. The fourth-order valence-corrected chi connectivity index (χ4v) is 10.3. The number of anilines is 2. The number of nitrogens with zero attached hydrogens (tertiary/aromatic N) is 4. The number of piperidine rings is 2. The molecule has 0 saturated carbocycles. The zero-order chi connectivity index (χ0) is 42.4. The number of carbonyl (C=O) groups is 3. The summed E-state index contributed by atoms with van der Waals surface area (Å²) in [5, 5.41) is 9.27. The van der Waals surface area contributed by atoms with Gasteiger partial charge in [0, 0.05) is 57.1 Å². The zero-order valence-corrected chi connectivity index (χ0v) is 36.1. The highest BCUT2D eigenvalue weighted by atomic mass is 32.2. The zero-order valence-electron chi connectivity index (χ0n) is 35.2. The van der Waals surface area contributed by atoms with Crippen LogP contribution in [0.2, 0.25) is 0 Å². The maximum Gasteiger partial charge on any atom is 0.372 e. The molecule has 0 spiro atoms. The van der Waals surface area contributed by atoms with Gasteiger partial charge in [0.25, 0.3) is 0 Å². The van der Waals surface area contributed by atoms with Crippen molar-refractivity contribution in [2.24, 2.45) is 5.92 Å². The van der Waals surface area contributed by atoms with Crippen molar-refractivity contribution in [2.75, 3.05) is 69.5 Å². The quantitative estimate of drug-likeness (QED) is 0.0820. The van der Waals surface area contributed by atoms with Gasteiger partial charge in [-0.3, -0.25) is 14.6 Å². The van der Waals surface area contributed by atoms with E-state index in [-0.39, 0.29) is 18.4 Å². The number of sulfonamides is 1. The number of nitrogens with one attached hydrogen (secondary N) is 4. The molecular formula is C45H62N8O7S. The van der Waals surface area contributed by atoms with E-state index >= 15 is 0 Å². The lowest BCUT2D eigenvalue weighted by Gasteiger charge is -2.35. The van der Waals surface area contributed by atoms with E-state index in [0.717, 1.165) is 93.8 Å². The molecule has 61 heavy (non-hydrogen) atoms. The van der Waals surface area contributed by atoms with Crippen molar-refractivity contribution in [3.8, 4) is 0 Å². The molecule has 1 amide bonds. The first-order valence-corrected chi connectivity index (χ1v) is 23.9. The number of aryl methyl sites for hydroxylation is 4. The second kappa shape index (κ2) is 21.9. The molecule has 6 heterocycles. The smallest absolute Gasteiger partial charge is 0.370 e. The van der Waals surface area contributed by atoms with Crippen molar-refractivity contribution in [1.29, 1.82) is 0 Å². The monoisotopic (exact) mass is 858 g/mol. The van der Waals surface area contributed by atoms with Crippen molar-refractivity contribution in [3.05, 3.63) is 82.7 Å². The molecule has 4 aliphatic rings. The largest absolute Gasteiger partial charge is 0.372 e. The van der Waals surface area contributed by atoms with E-state index in [9.17, 15) is 22.8 Å². The van der Waals surface area contributed by atoms with E-state index < -0.39 is 33.3 Å². The number of hydrogen-bond donors (Lipinski definition) is 4. The molecular weight excluding hydrogens is 797 g/mol. The van der Waals surface area contributed by atoms with E-state index in [2.05, 4.69) is 43.9 Å². The lowest BCUT2D eigenvalue weighted by molar-refractivity contribution is -0.263. The maximum atomic E-state index is 13.5.